The van der Waals surface area contributed by atoms with Crippen molar-refractivity contribution in [3.63, 3.8) is 0 Å². The lowest BCUT2D eigenvalue weighted by molar-refractivity contribution is -0.145. The predicted octanol–water partition coefficient (Wildman–Crippen LogP) is 1.53. The Balaban J connectivity index is 1.87. The van der Waals surface area contributed by atoms with Gasteiger partial charge in [0, 0.05) is 25.6 Å². The molecule has 0 spiro atoms. The van der Waals surface area contributed by atoms with E-state index in [1.807, 2.05) is 11.8 Å². The second kappa shape index (κ2) is 6.02. The third-order valence-electron chi connectivity index (χ3n) is 4.29. The number of rotatable bonds is 3. The molecule has 2 rings (SSSR count). The summed E-state index contributed by atoms with van der Waals surface area (Å²) in [7, 11) is 0. The summed E-state index contributed by atoms with van der Waals surface area (Å²) in [6, 6.07) is 0.231. The van der Waals surface area contributed by atoms with Gasteiger partial charge in [-0.3, -0.25) is 4.79 Å². The van der Waals surface area contributed by atoms with Crippen molar-refractivity contribution in [2.45, 2.75) is 64.2 Å². The zero-order valence-corrected chi connectivity index (χ0v) is 11.6. The van der Waals surface area contributed by atoms with E-state index in [0.717, 1.165) is 32.4 Å². The highest BCUT2D eigenvalue weighted by Crippen LogP contribution is 2.28. The summed E-state index contributed by atoms with van der Waals surface area (Å²) in [5.74, 6) is 0.668. The first-order valence-corrected chi connectivity index (χ1v) is 7.29. The van der Waals surface area contributed by atoms with Crippen molar-refractivity contribution in [2.24, 2.45) is 11.7 Å². The van der Waals surface area contributed by atoms with Crippen molar-refractivity contribution < 1.29 is 9.53 Å². The van der Waals surface area contributed by atoms with Gasteiger partial charge >= 0.3 is 0 Å². The Morgan fingerprint density at radius 1 is 1.39 bits per heavy atom. The van der Waals surface area contributed by atoms with Crippen LogP contribution in [0.3, 0.4) is 0 Å². The average Bonchev–Trinajstić information content (AvgIpc) is 2.74. The maximum atomic E-state index is 12.3. The Morgan fingerprint density at radius 2 is 2.17 bits per heavy atom. The maximum Gasteiger partial charge on any atom is 0.223 e. The number of hydrogen-bond donors (Lipinski definition) is 1. The van der Waals surface area contributed by atoms with E-state index in [2.05, 4.69) is 6.92 Å². The first-order chi connectivity index (χ1) is 8.60. The summed E-state index contributed by atoms with van der Waals surface area (Å²) in [5.41, 5.74) is 6.04. The fourth-order valence-corrected chi connectivity index (χ4v) is 3.15. The second-order valence-electron chi connectivity index (χ2n) is 5.83. The normalized spacial score (nSPS) is 36.9. The number of hydrogen-bond acceptors (Lipinski definition) is 3. The van der Waals surface area contributed by atoms with E-state index in [9.17, 15) is 4.79 Å². The number of carbonyl (C=O) groups is 1. The van der Waals surface area contributed by atoms with Crippen LogP contribution >= 0.6 is 0 Å². The van der Waals surface area contributed by atoms with Crippen LogP contribution in [-0.2, 0) is 9.53 Å². The lowest BCUT2D eigenvalue weighted by Crippen LogP contribution is -2.49. The van der Waals surface area contributed by atoms with Crippen molar-refractivity contribution in [1.29, 1.82) is 0 Å². The molecule has 4 atom stereocenters. The number of nitrogens with two attached hydrogens (primary N) is 1. The topological polar surface area (TPSA) is 55.6 Å². The third kappa shape index (κ3) is 3.23. The van der Waals surface area contributed by atoms with Crippen molar-refractivity contribution in [3.8, 4) is 0 Å². The fourth-order valence-electron chi connectivity index (χ4n) is 3.15. The Morgan fingerprint density at radius 3 is 2.78 bits per heavy atom. The molecule has 1 aliphatic carbocycles. The molecule has 1 heterocycles. The minimum absolute atomic E-state index is 0.157. The molecule has 0 bridgehead atoms. The average molecular weight is 254 g/mol. The smallest absolute Gasteiger partial charge is 0.223 e. The van der Waals surface area contributed by atoms with Crippen LogP contribution in [0.25, 0.3) is 0 Å². The molecule has 0 aromatic rings. The zero-order chi connectivity index (χ0) is 13.1. The second-order valence-corrected chi connectivity index (χ2v) is 5.83. The Hall–Kier alpha value is -0.610. The first kappa shape index (κ1) is 13.8. The molecule has 1 saturated heterocycles. The van der Waals surface area contributed by atoms with E-state index in [0.29, 0.717) is 12.3 Å². The molecule has 0 aromatic heterocycles. The van der Waals surface area contributed by atoms with Gasteiger partial charge in [-0.25, -0.2) is 0 Å². The molecule has 18 heavy (non-hydrogen) atoms. The molecule has 2 N–H and O–H groups in total. The molecule has 1 amide bonds. The highest BCUT2D eigenvalue weighted by atomic mass is 16.5. The van der Waals surface area contributed by atoms with Gasteiger partial charge in [0.1, 0.15) is 0 Å². The molecule has 104 valence electrons. The quantitative estimate of drug-likeness (QED) is 0.831. The van der Waals surface area contributed by atoms with Gasteiger partial charge in [0.2, 0.25) is 5.91 Å². The predicted molar refractivity (Wildman–Crippen MR) is 71.1 cm³/mol. The Kier molecular flexibility index (Phi) is 4.62. The Labute approximate surface area is 110 Å². The van der Waals surface area contributed by atoms with Gasteiger partial charge in [-0.05, 0) is 32.1 Å². The van der Waals surface area contributed by atoms with E-state index >= 15 is 0 Å². The van der Waals surface area contributed by atoms with Crippen LogP contribution < -0.4 is 5.73 Å². The van der Waals surface area contributed by atoms with Gasteiger partial charge in [-0.15, -0.1) is 0 Å². The number of carbonyl (C=O) groups excluding carboxylic acids is 1. The van der Waals surface area contributed by atoms with Crippen LogP contribution in [0.2, 0.25) is 0 Å². The van der Waals surface area contributed by atoms with Crippen LogP contribution in [-0.4, -0.2) is 42.1 Å². The molecule has 2 aliphatic rings. The van der Waals surface area contributed by atoms with Gasteiger partial charge in [-0.1, -0.05) is 13.3 Å². The monoisotopic (exact) mass is 254 g/mol. The number of amides is 1. The highest BCUT2D eigenvalue weighted by Gasteiger charge is 2.31. The first-order valence-electron chi connectivity index (χ1n) is 7.29. The summed E-state index contributed by atoms with van der Waals surface area (Å²) in [6.07, 6.45) is 5.33. The van der Waals surface area contributed by atoms with Crippen molar-refractivity contribution in [3.05, 3.63) is 0 Å². The summed E-state index contributed by atoms with van der Waals surface area (Å²) in [4.78, 5) is 14.3. The lowest BCUT2D eigenvalue weighted by Gasteiger charge is -2.37. The fraction of sp³-hybridized carbons (Fsp3) is 0.929. The van der Waals surface area contributed by atoms with Gasteiger partial charge in [0.05, 0.1) is 12.2 Å². The molecular weight excluding hydrogens is 228 g/mol. The maximum absolute atomic E-state index is 12.3. The van der Waals surface area contributed by atoms with E-state index in [4.69, 9.17) is 10.5 Å². The summed E-state index contributed by atoms with van der Waals surface area (Å²) >= 11 is 0. The highest BCUT2D eigenvalue weighted by molar-refractivity contribution is 5.76. The number of morpholine rings is 1. The minimum atomic E-state index is 0.157. The lowest BCUT2D eigenvalue weighted by atomic mass is 9.99. The number of nitrogens with zero attached hydrogens (tertiary/aromatic N) is 1. The van der Waals surface area contributed by atoms with Gasteiger partial charge in [0.25, 0.3) is 0 Å². The summed E-state index contributed by atoms with van der Waals surface area (Å²) in [5, 5.41) is 0. The zero-order valence-electron chi connectivity index (χ0n) is 11.6. The molecule has 2 fully saturated rings. The van der Waals surface area contributed by atoms with Crippen molar-refractivity contribution in [1.82, 2.24) is 4.90 Å². The Bertz CT molecular complexity index is 296. The van der Waals surface area contributed by atoms with Crippen molar-refractivity contribution in [2.75, 3.05) is 13.1 Å². The largest absolute Gasteiger partial charge is 0.372 e. The molecule has 4 heteroatoms. The molecule has 1 saturated carbocycles. The number of ether oxygens (including phenoxy) is 1. The molecular formula is C14H26N2O2. The van der Waals surface area contributed by atoms with Gasteiger partial charge < -0.3 is 15.4 Å². The van der Waals surface area contributed by atoms with Crippen LogP contribution in [0.1, 0.15) is 46.0 Å². The van der Waals surface area contributed by atoms with E-state index in [1.54, 1.807) is 0 Å². The third-order valence-corrected chi connectivity index (χ3v) is 4.29. The van der Waals surface area contributed by atoms with Gasteiger partial charge in [-0.2, -0.15) is 0 Å². The minimum Gasteiger partial charge on any atom is -0.372 e. The van der Waals surface area contributed by atoms with E-state index in [1.165, 1.54) is 6.42 Å². The molecule has 4 nitrogen and oxygen atoms in total. The summed E-state index contributed by atoms with van der Waals surface area (Å²) < 4.78 is 5.79. The van der Waals surface area contributed by atoms with Crippen LogP contribution in [0.15, 0.2) is 0 Å². The van der Waals surface area contributed by atoms with Gasteiger partial charge in [0.15, 0.2) is 0 Å². The molecule has 0 aromatic carbocycles. The molecule has 0 radical (unpaired) electrons. The molecule has 2 unspecified atom stereocenters. The van der Waals surface area contributed by atoms with E-state index in [-0.39, 0.29) is 24.2 Å². The standard InChI is InChI=1S/C14H26N2O2/c1-3-12-9-16(8-10(2)18-12)14(17)7-11-5-4-6-13(11)15/h10-13H,3-9,15H2,1-2H3/t10?,11-,12?,13+/m0/s1. The van der Waals surface area contributed by atoms with E-state index < -0.39 is 0 Å². The van der Waals surface area contributed by atoms with Crippen LogP contribution in [0.4, 0.5) is 0 Å². The van der Waals surface area contributed by atoms with Crippen LogP contribution in [0.5, 0.6) is 0 Å². The van der Waals surface area contributed by atoms with Crippen LogP contribution in [0, 0.1) is 5.92 Å². The molecule has 1 aliphatic heterocycles. The SMILES string of the molecule is CCC1CN(C(=O)C[C@@H]2CCC[C@H]2N)CC(C)O1. The van der Waals surface area contributed by atoms with Crippen molar-refractivity contribution >= 4 is 5.91 Å². The summed E-state index contributed by atoms with van der Waals surface area (Å²) in [6.45, 7) is 5.64.